The largest absolute Gasteiger partial charge is 0.490 e. The van der Waals surface area contributed by atoms with Gasteiger partial charge in [-0.05, 0) is 24.3 Å². The lowest BCUT2D eigenvalue weighted by Gasteiger charge is -2.00. The second-order valence-electron chi connectivity index (χ2n) is 6.09. The van der Waals surface area contributed by atoms with Gasteiger partial charge in [0.2, 0.25) is 11.8 Å². The monoisotopic (exact) mass is 508 g/mol. The summed E-state index contributed by atoms with van der Waals surface area (Å²) >= 11 is 8.59. The van der Waals surface area contributed by atoms with Gasteiger partial charge in [-0.15, -0.1) is 32.9 Å². The van der Waals surface area contributed by atoms with Gasteiger partial charge >= 0.3 is 12.1 Å². The zero-order valence-electron chi connectivity index (χ0n) is 15.8. The van der Waals surface area contributed by atoms with Gasteiger partial charge in [0, 0.05) is 23.4 Å². The Morgan fingerprint density at radius 2 is 1.84 bits per heavy atom. The number of hydrogen-bond donors (Lipinski definition) is 2. The van der Waals surface area contributed by atoms with Crippen LogP contribution in [0.3, 0.4) is 0 Å². The molecule has 3 aromatic heterocycles. The Bertz CT molecular complexity index is 1240. The number of alkyl halides is 3. The van der Waals surface area contributed by atoms with Gasteiger partial charge in [0.15, 0.2) is 5.82 Å². The number of hydrogen-bond acceptors (Lipinski definition) is 8. The van der Waals surface area contributed by atoms with Gasteiger partial charge in [-0.2, -0.15) is 13.2 Å². The molecule has 0 aliphatic heterocycles. The van der Waals surface area contributed by atoms with Gasteiger partial charge in [-0.3, -0.25) is 0 Å². The molecule has 0 saturated carbocycles. The van der Waals surface area contributed by atoms with Crippen molar-refractivity contribution in [1.82, 2.24) is 15.2 Å². The summed E-state index contributed by atoms with van der Waals surface area (Å²) in [5.41, 5.74) is 6.61. The van der Waals surface area contributed by atoms with E-state index in [0.717, 1.165) is 9.88 Å². The molecule has 0 spiro atoms. The van der Waals surface area contributed by atoms with E-state index in [0.29, 0.717) is 51.3 Å². The van der Waals surface area contributed by atoms with Crippen molar-refractivity contribution in [2.75, 3.05) is 6.54 Å². The molecule has 3 heterocycles. The molecule has 14 heteroatoms. The van der Waals surface area contributed by atoms with E-state index < -0.39 is 12.1 Å². The molecule has 32 heavy (non-hydrogen) atoms. The van der Waals surface area contributed by atoms with Crippen LogP contribution in [0.25, 0.3) is 20.7 Å². The highest BCUT2D eigenvalue weighted by molar-refractivity contribution is 7.20. The molecule has 3 N–H and O–H groups in total. The first-order valence-electron chi connectivity index (χ1n) is 8.73. The van der Waals surface area contributed by atoms with E-state index >= 15 is 0 Å². The molecule has 0 saturated heterocycles. The third kappa shape index (κ3) is 5.79. The summed E-state index contributed by atoms with van der Waals surface area (Å²) in [6, 6.07) is 7.12. The zero-order chi connectivity index (χ0) is 23.5. The Morgan fingerprint density at radius 3 is 2.44 bits per heavy atom. The summed E-state index contributed by atoms with van der Waals surface area (Å²) in [6.07, 6.45) is -4.18. The average Bonchev–Trinajstić information content (AvgIpc) is 3.43. The molecule has 0 unspecified atom stereocenters. The van der Waals surface area contributed by atoms with Crippen LogP contribution >= 0.6 is 34.3 Å². The number of nitrogens with zero attached hydrogens (tertiary/aromatic N) is 3. The van der Waals surface area contributed by atoms with Gasteiger partial charge in [0.25, 0.3) is 0 Å². The highest BCUT2D eigenvalue weighted by Gasteiger charge is 2.38. The van der Waals surface area contributed by atoms with Gasteiger partial charge in [0.1, 0.15) is 5.01 Å². The van der Waals surface area contributed by atoms with Gasteiger partial charge in [-0.25, -0.2) is 14.2 Å². The predicted octanol–water partition coefficient (Wildman–Crippen LogP) is 4.93. The Hall–Kier alpha value is -2.61. The lowest BCUT2D eigenvalue weighted by atomic mass is 10.1. The number of aromatic nitrogens is 3. The summed E-state index contributed by atoms with van der Waals surface area (Å²) in [6.45, 7) is 0.448. The van der Waals surface area contributed by atoms with Crippen molar-refractivity contribution in [3.05, 3.63) is 51.2 Å². The molecule has 0 aliphatic carbocycles. The quantitative estimate of drug-likeness (QED) is 0.367. The van der Waals surface area contributed by atoms with Gasteiger partial charge < -0.3 is 15.3 Å². The van der Waals surface area contributed by atoms with E-state index in [-0.39, 0.29) is 5.82 Å². The van der Waals surface area contributed by atoms with Gasteiger partial charge in [0.05, 0.1) is 21.0 Å². The fourth-order valence-electron chi connectivity index (χ4n) is 2.44. The van der Waals surface area contributed by atoms with E-state index in [1.165, 1.54) is 22.7 Å². The highest BCUT2D eigenvalue weighted by atomic mass is 35.5. The van der Waals surface area contributed by atoms with Crippen LogP contribution in [0, 0.1) is 5.82 Å². The van der Waals surface area contributed by atoms with Crippen LogP contribution in [0.4, 0.5) is 17.6 Å². The number of benzene rings is 1. The fourth-order valence-corrected chi connectivity index (χ4v) is 4.50. The summed E-state index contributed by atoms with van der Waals surface area (Å²) in [7, 11) is 0. The Labute approximate surface area is 190 Å². The summed E-state index contributed by atoms with van der Waals surface area (Å²) in [5, 5.41) is 15.7. The number of nitrogens with two attached hydrogens (primary N) is 1. The number of carboxylic acid groups (broad SMARTS) is 1. The summed E-state index contributed by atoms with van der Waals surface area (Å²) in [4.78, 5) is 14.2. The number of aliphatic carboxylic acids is 1. The minimum atomic E-state index is -5.08. The number of carboxylic acids is 1. The summed E-state index contributed by atoms with van der Waals surface area (Å²) in [5.74, 6) is -2.09. The van der Waals surface area contributed by atoms with Crippen LogP contribution in [0.1, 0.15) is 16.8 Å². The van der Waals surface area contributed by atoms with E-state index in [1.54, 1.807) is 12.1 Å². The lowest BCUT2D eigenvalue weighted by molar-refractivity contribution is -0.192. The Balaban J connectivity index is 0.000000360. The normalized spacial score (nSPS) is 11.4. The van der Waals surface area contributed by atoms with Crippen LogP contribution in [0.2, 0.25) is 4.34 Å². The highest BCUT2D eigenvalue weighted by Crippen LogP contribution is 2.37. The van der Waals surface area contributed by atoms with Crippen molar-refractivity contribution < 1.29 is 31.9 Å². The van der Waals surface area contributed by atoms with E-state index in [9.17, 15) is 17.6 Å². The van der Waals surface area contributed by atoms with E-state index in [4.69, 9.17) is 31.7 Å². The molecular formula is C18H13ClF4N4O3S2. The summed E-state index contributed by atoms with van der Waals surface area (Å²) < 4.78 is 53.3. The molecule has 0 aliphatic rings. The van der Waals surface area contributed by atoms with Crippen LogP contribution in [0.15, 0.2) is 28.7 Å². The number of rotatable bonds is 5. The zero-order valence-corrected chi connectivity index (χ0v) is 18.2. The number of thiazole rings is 1. The van der Waals surface area contributed by atoms with E-state index in [2.05, 4.69) is 15.2 Å². The minimum absolute atomic E-state index is 0.283. The Morgan fingerprint density at radius 1 is 1.16 bits per heavy atom. The SMILES string of the molecule is NCCc1nnc(Cc2nc3ccc(-c4ccc(Cl)s4)c(F)c3s2)o1.O=C(O)C(F)(F)F. The van der Waals surface area contributed by atoms with Crippen molar-refractivity contribution in [1.29, 1.82) is 0 Å². The third-order valence-corrected chi connectivity index (χ3v) is 6.12. The predicted molar refractivity (Wildman–Crippen MR) is 111 cm³/mol. The van der Waals surface area contributed by atoms with Crippen molar-refractivity contribution in [2.24, 2.45) is 5.73 Å². The first-order chi connectivity index (χ1) is 15.1. The molecule has 0 atom stereocenters. The van der Waals surface area contributed by atoms with E-state index in [1.807, 2.05) is 12.1 Å². The van der Waals surface area contributed by atoms with Crippen molar-refractivity contribution in [3.63, 3.8) is 0 Å². The van der Waals surface area contributed by atoms with Crippen molar-refractivity contribution in [2.45, 2.75) is 19.0 Å². The molecule has 7 nitrogen and oxygen atoms in total. The number of fused-ring (bicyclic) bond motifs is 1. The number of carbonyl (C=O) groups is 1. The fraction of sp³-hybridized carbons (Fsp3) is 0.222. The molecular weight excluding hydrogens is 496 g/mol. The molecule has 0 bridgehead atoms. The number of thiophene rings is 1. The Kier molecular flexibility index (Phi) is 7.44. The maximum Gasteiger partial charge on any atom is 0.490 e. The topological polar surface area (TPSA) is 115 Å². The molecule has 0 radical (unpaired) electrons. The first-order valence-corrected chi connectivity index (χ1v) is 10.7. The second-order valence-corrected chi connectivity index (χ2v) is 8.89. The van der Waals surface area contributed by atoms with Gasteiger partial charge in [-0.1, -0.05) is 11.6 Å². The first kappa shape index (κ1) is 24.0. The van der Waals surface area contributed by atoms with Crippen LogP contribution in [-0.2, 0) is 17.6 Å². The minimum Gasteiger partial charge on any atom is -0.475 e. The average molecular weight is 509 g/mol. The maximum atomic E-state index is 14.9. The van der Waals surface area contributed by atoms with Crippen molar-refractivity contribution >= 4 is 50.5 Å². The molecule has 4 rings (SSSR count). The molecule has 0 amide bonds. The third-order valence-electron chi connectivity index (χ3n) is 3.79. The molecule has 1 aromatic carbocycles. The second kappa shape index (κ2) is 9.90. The maximum absolute atomic E-state index is 14.9. The lowest BCUT2D eigenvalue weighted by Crippen LogP contribution is -2.21. The van der Waals surface area contributed by atoms with Crippen LogP contribution < -0.4 is 5.73 Å². The standard InChI is InChI=1S/C16H12ClFN4OS2.C2HF3O2/c17-11-4-3-10(24-11)8-1-2-9-16(15(8)18)25-14(20-9)7-13-22-21-12(23-13)5-6-19;3-2(4,5)1(6)7/h1-4H,5-7,19H2;(H,6,7). The number of halogens is 5. The molecule has 170 valence electrons. The molecule has 4 aromatic rings. The molecule has 0 fully saturated rings. The smallest absolute Gasteiger partial charge is 0.475 e. The van der Waals surface area contributed by atoms with Crippen LogP contribution in [0.5, 0.6) is 0 Å². The van der Waals surface area contributed by atoms with Crippen molar-refractivity contribution in [3.8, 4) is 10.4 Å². The van der Waals surface area contributed by atoms with Crippen LogP contribution in [-0.4, -0.2) is 39.0 Å².